The Morgan fingerprint density at radius 2 is 1.94 bits per heavy atom. The second-order valence-corrected chi connectivity index (χ2v) is 9.23. The van der Waals surface area contributed by atoms with Gasteiger partial charge in [0.2, 0.25) is 5.91 Å². The van der Waals surface area contributed by atoms with Crippen molar-refractivity contribution in [3.8, 4) is 5.69 Å². The van der Waals surface area contributed by atoms with Crippen LogP contribution in [0.25, 0.3) is 15.9 Å². The molecule has 170 valence electrons. The summed E-state index contributed by atoms with van der Waals surface area (Å²) in [6.07, 6.45) is -4.50. The van der Waals surface area contributed by atoms with Crippen molar-refractivity contribution in [2.45, 2.75) is 25.2 Å². The van der Waals surface area contributed by atoms with Gasteiger partial charge in [-0.3, -0.25) is 14.2 Å². The van der Waals surface area contributed by atoms with Gasteiger partial charge in [-0.15, -0.1) is 11.3 Å². The smallest absolute Gasteiger partial charge is 0.325 e. The summed E-state index contributed by atoms with van der Waals surface area (Å²) >= 11 is 2.34. The maximum absolute atomic E-state index is 13.2. The lowest BCUT2D eigenvalue weighted by Gasteiger charge is -2.15. The molecule has 0 fully saturated rings. The van der Waals surface area contributed by atoms with E-state index in [0.717, 1.165) is 35.0 Å². The average Bonchev–Trinajstić information content (AvgIpc) is 3.22. The van der Waals surface area contributed by atoms with E-state index in [1.54, 1.807) is 11.4 Å². The summed E-state index contributed by atoms with van der Waals surface area (Å²) in [5.74, 6) is -0.644. The molecule has 0 bridgehead atoms. The number of benzene rings is 2. The Labute approximate surface area is 195 Å². The van der Waals surface area contributed by atoms with Gasteiger partial charge in [-0.05, 0) is 55.1 Å². The largest absolute Gasteiger partial charge is 0.416 e. The van der Waals surface area contributed by atoms with Crippen molar-refractivity contribution >= 4 is 44.9 Å². The molecule has 0 aliphatic rings. The summed E-state index contributed by atoms with van der Waals surface area (Å²) in [4.78, 5) is 30.3. The molecule has 0 aliphatic carbocycles. The zero-order valence-electron chi connectivity index (χ0n) is 17.6. The number of halogens is 3. The second-order valence-electron chi connectivity index (χ2n) is 7.38. The number of carbonyl (C=O) groups is 1. The number of anilines is 1. The van der Waals surface area contributed by atoms with Crippen molar-refractivity contribution in [3.63, 3.8) is 0 Å². The summed E-state index contributed by atoms with van der Waals surface area (Å²) in [5, 5.41) is 4.59. The topological polar surface area (TPSA) is 64.0 Å². The highest BCUT2D eigenvalue weighted by molar-refractivity contribution is 7.99. The van der Waals surface area contributed by atoms with E-state index in [1.165, 1.54) is 28.0 Å². The lowest BCUT2D eigenvalue weighted by Crippen LogP contribution is -2.23. The van der Waals surface area contributed by atoms with Gasteiger partial charge in [0, 0.05) is 5.69 Å². The maximum Gasteiger partial charge on any atom is 0.416 e. The Balaban J connectivity index is 1.62. The highest BCUT2D eigenvalue weighted by atomic mass is 32.2. The number of aromatic nitrogens is 2. The molecule has 0 spiro atoms. The fourth-order valence-electron chi connectivity index (χ4n) is 3.36. The molecule has 2 aromatic carbocycles. The minimum atomic E-state index is -4.50. The summed E-state index contributed by atoms with van der Waals surface area (Å²) in [6.45, 7) is 3.84. The normalized spacial score (nSPS) is 11.7. The van der Waals surface area contributed by atoms with Gasteiger partial charge in [-0.1, -0.05) is 35.5 Å². The lowest BCUT2D eigenvalue weighted by molar-refractivity contribution is -0.137. The quantitative estimate of drug-likeness (QED) is 0.284. The third-order valence-corrected chi connectivity index (χ3v) is 6.68. The predicted molar refractivity (Wildman–Crippen MR) is 125 cm³/mol. The van der Waals surface area contributed by atoms with Crippen molar-refractivity contribution in [2.75, 3.05) is 11.1 Å². The number of hydrogen-bond acceptors (Lipinski definition) is 5. The van der Waals surface area contributed by atoms with Crippen LogP contribution in [0.5, 0.6) is 0 Å². The van der Waals surface area contributed by atoms with Gasteiger partial charge in [0.25, 0.3) is 5.56 Å². The monoisotopic (exact) mass is 489 g/mol. The van der Waals surface area contributed by atoms with E-state index in [0.29, 0.717) is 21.1 Å². The molecule has 4 rings (SSSR count). The van der Waals surface area contributed by atoms with Crippen molar-refractivity contribution in [2.24, 2.45) is 0 Å². The number of hydrogen-bond donors (Lipinski definition) is 1. The molecule has 33 heavy (non-hydrogen) atoms. The number of amides is 1. The number of nitrogens with one attached hydrogen (secondary N) is 1. The molecule has 0 unspecified atom stereocenters. The molecule has 4 aromatic rings. The highest BCUT2D eigenvalue weighted by Crippen LogP contribution is 2.31. The third kappa shape index (κ3) is 4.96. The first-order chi connectivity index (χ1) is 15.6. The van der Waals surface area contributed by atoms with E-state index in [4.69, 9.17) is 0 Å². The molecule has 0 aliphatic heterocycles. The number of alkyl halides is 3. The zero-order valence-corrected chi connectivity index (χ0v) is 19.2. The molecule has 10 heteroatoms. The Kier molecular flexibility index (Phi) is 6.31. The molecule has 2 heterocycles. The van der Waals surface area contributed by atoms with Crippen LogP contribution in [0.3, 0.4) is 0 Å². The van der Waals surface area contributed by atoms with Crippen LogP contribution in [0, 0.1) is 13.8 Å². The number of nitrogens with zero attached hydrogens (tertiary/aromatic N) is 2. The number of thioether (sulfide) groups is 1. The Morgan fingerprint density at radius 1 is 1.15 bits per heavy atom. The number of fused-ring (bicyclic) bond motifs is 1. The van der Waals surface area contributed by atoms with Crippen molar-refractivity contribution in [1.82, 2.24) is 9.55 Å². The van der Waals surface area contributed by atoms with Crippen LogP contribution >= 0.6 is 23.1 Å². The van der Waals surface area contributed by atoms with Gasteiger partial charge < -0.3 is 5.32 Å². The number of thiophene rings is 1. The number of carbonyl (C=O) groups excluding carboxylic acids is 1. The summed E-state index contributed by atoms with van der Waals surface area (Å²) in [7, 11) is 0. The molecule has 1 amide bonds. The summed E-state index contributed by atoms with van der Waals surface area (Å²) < 4.78 is 40.7. The zero-order chi connectivity index (χ0) is 23.8. The SMILES string of the molecule is Cc1ccc(-n2c(SCC(=O)Nc3cccc(C(F)(F)F)c3)nc3ccsc3c2=O)c(C)c1. The van der Waals surface area contributed by atoms with E-state index in [2.05, 4.69) is 10.3 Å². The van der Waals surface area contributed by atoms with Gasteiger partial charge >= 0.3 is 6.18 Å². The second kappa shape index (κ2) is 9.03. The first kappa shape index (κ1) is 23.1. The van der Waals surface area contributed by atoms with Crippen LogP contribution in [0.15, 0.2) is 63.9 Å². The van der Waals surface area contributed by atoms with E-state index in [-0.39, 0.29) is 17.0 Å². The van der Waals surface area contributed by atoms with Gasteiger partial charge in [-0.2, -0.15) is 13.2 Å². The van der Waals surface area contributed by atoms with E-state index in [1.807, 2.05) is 32.0 Å². The van der Waals surface area contributed by atoms with Crippen molar-refractivity contribution in [3.05, 3.63) is 81.0 Å². The first-order valence-electron chi connectivity index (χ1n) is 9.81. The van der Waals surface area contributed by atoms with E-state index in [9.17, 15) is 22.8 Å². The molecule has 1 N–H and O–H groups in total. The lowest BCUT2D eigenvalue weighted by atomic mass is 10.1. The Hall–Kier alpha value is -3.11. The molecular formula is C23H18F3N3O2S2. The predicted octanol–water partition coefficient (Wildman–Crippen LogP) is 5.81. The van der Waals surface area contributed by atoms with Gasteiger partial charge in [0.1, 0.15) is 4.70 Å². The average molecular weight is 490 g/mol. The Bertz CT molecular complexity index is 1410. The van der Waals surface area contributed by atoms with Crippen molar-refractivity contribution < 1.29 is 18.0 Å². The van der Waals surface area contributed by atoms with Gasteiger partial charge in [0.15, 0.2) is 5.16 Å². The van der Waals surface area contributed by atoms with Crippen LogP contribution in [0.4, 0.5) is 18.9 Å². The summed E-state index contributed by atoms with van der Waals surface area (Å²) in [6, 6.07) is 11.9. The fraction of sp³-hybridized carbons (Fsp3) is 0.174. The standard InChI is InChI=1S/C23H18F3N3O2S2/c1-13-6-7-18(14(2)10-13)29-21(31)20-17(8-9-32-20)28-22(29)33-12-19(30)27-16-5-3-4-15(11-16)23(24,25)26/h3-11H,12H2,1-2H3,(H,27,30). The first-order valence-corrected chi connectivity index (χ1v) is 11.7. The van der Waals surface area contributed by atoms with Crippen LogP contribution in [-0.4, -0.2) is 21.2 Å². The molecule has 5 nitrogen and oxygen atoms in total. The molecule has 0 saturated heterocycles. The van der Waals surface area contributed by atoms with Crippen LogP contribution in [-0.2, 0) is 11.0 Å². The van der Waals surface area contributed by atoms with Gasteiger partial charge in [-0.25, -0.2) is 4.98 Å². The van der Waals surface area contributed by atoms with Crippen LogP contribution in [0.1, 0.15) is 16.7 Å². The molecule has 0 radical (unpaired) electrons. The van der Waals surface area contributed by atoms with Gasteiger partial charge in [0.05, 0.1) is 22.5 Å². The number of aryl methyl sites for hydroxylation is 2. The van der Waals surface area contributed by atoms with Crippen LogP contribution < -0.4 is 10.9 Å². The molecular weight excluding hydrogens is 471 g/mol. The Morgan fingerprint density at radius 3 is 2.67 bits per heavy atom. The van der Waals surface area contributed by atoms with E-state index < -0.39 is 17.6 Å². The molecule has 0 saturated carbocycles. The van der Waals surface area contributed by atoms with Crippen LogP contribution in [0.2, 0.25) is 0 Å². The van der Waals surface area contributed by atoms with E-state index >= 15 is 0 Å². The fourth-order valence-corrected chi connectivity index (χ4v) is 4.92. The summed E-state index contributed by atoms with van der Waals surface area (Å²) in [5.41, 5.74) is 2.09. The van der Waals surface area contributed by atoms with Crippen molar-refractivity contribution in [1.29, 1.82) is 0 Å². The number of rotatable bonds is 5. The minimum Gasteiger partial charge on any atom is -0.325 e. The maximum atomic E-state index is 13.2. The third-order valence-electron chi connectivity index (χ3n) is 4.85. The molecule has 0 atom stereocenters. The minimum absolute atomic E-state index is 0.0449. The highest BCUT2D eigenvalue weighted by Gasteiger charge is 2.30. The molecule has 2 aromatic heterocycles.